The van der Waals surface area contributed by atoms with Gasteiger partial charge in [-0.2, -0.15) is 0 Å². The third-order valence-corrected chi connectivity index (χ3v) is 9.08. The Morgan fingerprint density at radius 1 is 1.44 bits per heavy atom. The summed E-state index contributed by atoms with van der Waals surface area (Å²) in [5, 5.41) is 0.208. The van der Waals surface area contributed by atoms with Gasteiger partial charge in [-0.1, -0.05) is 20.8 Å². The Morgan fingerprint density at radius 2 is 2.00 bits per heavy atom. The van der Waals surface area contributed by atoms with E-state index in [4.69, 9.17) is 16.0 Å². The lowest BCUT2D eigenvalue weighted by Crippen LogP contribution is -2.44. The number of alkyl halides is 1. The van der Waals surface area contributed by atoms with Gasteiger partial charge in [0.2, 0.25) is 0 Å². The molecule has 1 rings (SSSR count). The van der Waals surface area contributed by atoms with Crippen LogP contribution in [0.1, 0.15) is 27.2 Å². The minimum Gasteiger partial charge on any atom is -0.413 e. The van der Waals surface area contributed by atoms with Crippen LogP contribution < -0.4 is 0 Å². The first-order chi connectivity index (χ1) is 8.08. The molecule has 0 N–H and O–H groups in total. The smallest absolute Gasteiger partial charge is 0.192 e. The van der Waals surface area contributed by atoms with E-state index < -0.39 is 8.32 Å². The van der Waals surface area contributed by atoms with Crippen molar-refractivity contribution in [3.63, 3.8) is 0 Å². The maximum atomic E-state index is 11.7. The van der Waals surface area contributed by atoms with Crippen LogP contribution in [-0.2, 0) is 9.22 Å². The number of nitrogens with zero attached hydrogens (tertiary/aromatic N) is 1. The van der Waals surface area contributed by atoms with Gasteiger partial charge in [0.05, 0.1) is 18.0 Å². The number of halogens is 1. The molecular formula is C13H26ClNO2Si. The number of ketones is 1. The summed E-state index contributed by atoms with van der Waals surface area (Å²) in [7, 11) is 0.231. The van der Waals surface area contributed by atoms with Gasteiger partial charge in [-0.15, -0.1) is 11.6 Å². The van der Waals surface area contributed by atoms with Crippen molar-refractivity contribution in [1.29, 1.82) is 0 Å². The van der Waals surface area contributed by atoms with Crippen molar-refractivity contribution in [2.45, 2.75) is 57.5 Å². The Bertz CT molecular complexity index is 315. The zero-order chi connectivity index (χ0) is 14.1. The lowest BCUT2D eigenvalue weighted by molar-refractivity contribution is -0.120. The van der Waals surface area contributed by atoms with Crippen molar-refractivity contribution in [2.24, 2.45) is 0 Å². The van der Waals surface area contributed by atoms with Gasteiger partial charge < -0.3 is 4.43 Å². The highest BCUT2D eigenvalue weighted by Gasteiger charge is 2.42. The van der Waals surface area contributed by atoms with Gasteiger partial charge in [0.15, 0.2) is 14.1 Å². The zero-order valence-corrected chi connectivity index (χ0v) is 14.2. The number of hydrogen-bond donors (Lipinski definition) is 0. The fourth-order valence-corrected chi connectivity index (χ4v) is 3.63. The number of hydrogen-bond acceptors (Lipinski definition) is 3. The van der Waals surface area contributed by atoms with E-state index in [2.05, 4.69) is 38.8 Å². The average molecular weight is 292 g/mol. The highest BCUT2D eigenvalue weighted by molar-refractivity contribution is 6.74. The normalized spacial score (nSPS) is 26.6. The molecule has 0 spiro atoms. The molecule has 1 unspecified atom stereocenters. The van der Waals surface area contributed by atoms with Crippen molar-refractivity contribution >= 4 is 25.7 Å². The predicted octanol–water partition coefficient (Wildman–Crippen LogP) is 2.89. The molecule has 1 aliphatic heterocycles. The van der Waals surface area contributed by atoms with Gasteiger partial charge in [-0.3, -0.25) is 9.69 Å². The molecule has 0 radical (unpaired) electrons. The van der Waals surface area contributed by atoms with Crippen molar-refractivity contribution in [3.8, 4) is 0 Å². The van der Waals surface area contributed by atoms with E-state index >= 15 is 0 Å². The topological polar surface area (TPSA) is 29.5 Å². The Hall–Kier alpha value is 0.0969. The summed E-state index contributed by atoms with van der Waals surface area (Å²) in [6, 6.07) is -0.0581. The van der Waals surface area contributed by atoms with Crippen LogP contribution in [0.4, 0.5) is 0 Å². The molecule has 0 bridgehead atoms. The Labute approximate surface area is 117 Å². The van der Waals surface area contributed by atoms with Crippen LogP contribution in [0.15, 0.2) is 0 Å². The lowest BCUT2D eigenvalue weighted by Gasteiger charge is -2.38. The Kier molecular flexibility index (Phi) is 5.04. The Balaban J connectivity index is 2.65. The second-order valence-electron chi connectivity index (χ2n) is 6.79. The van der Waals surface area contributed by atoms with Crippen LogP contribution in [0.5, 0.6) is 0 Å². The molecule has 0 aromatic carbocycles. The second-order valence-corrected chi connectivity index (χ2v) is 11.8. The van der Waals surface area contributed by atoms with Gasteiger partial charge in [-0.25, -0.2) is 0 Å². The minimum atomic E-state index is -1.75. The summed E-state index contributed by atoms with van der Waals surface area (Å²) in [4.78, 5) is 13.8. The largest absolute Gasteiger partial charge is 0.413 e. The molecule has 1 saturated heterocycles. The summed E-state index contributed by atoms with van der Waals surface area (Å²) in [6.07, 6.45) is 0.960. The molecule has 1 heterocycles. The van der Waals surface area contributed by atoms with E-state index in [-0.39, 0.29) is 28.8 Å². The molecule has 3 nitrogen and oxygen atoms in total. The summed E-state index contributed by atoms with van der Waals surface area (Å²) in [5.74, 6) is 0.211. The van der Waals surface area contributed by atoms with Crippen LogP contribution in [0.25, 0.3) is 0 Å². The molecule has 0 amide bonds. The first-order valence-electron chi connectivity index (χ1n) is 6.55. The molecule has 106 valence electrons. The quantitative estimate of drug-likeness (QED) is 0.589. The fourth-order valence-electron chi connectivity index (χ4n) is 2.10. The molecule has 1 aliphatic rings. The predicted molar refractivity (Wildman–Crippen MR) is 78.8 cm³/mol. The summed E-state index contributed by atoms with van der Waals surface area (Å²) < 4.78 is 6.36. The van der Waals surface area contributed by atoms with Gasteiger partial charge in [0.1, 0.15) is 0 Å². The molecule has 0 aliphatic carbocycles. The van der Waals surface area contributed by atoms with Crippen molar-refractivity contribution in [3.05, 3.63) is 0 Å². The number of carbonyl (C=O) groups is 1. The number of rotatable bonds is 4. The summed E-state index contributed by atoms with van der Waals surface area (Å²) >= 11 is 5.64. The van der Waals surface area contributed by atoms with Gasteiger partial charge >= 0.3 is 0 Å². The number of Topliss-reactive ketones (excluding diaryl/α,β-unsaturated/α-hetero) is 1. The maximum Gasteiger partial charge on any atom is 0.192 e. The van der Waals surface area contributed by atoms with E-state index in [1.54, 1.807) is 0 Å². The van der Waals surface area contributed by atoms with E-state index in [0.29, 0.717) is 0 Å². The van der Waals surface area contributed by atoms with Crippen molar-refractivity contribution in [1.82, 2.24) is 4.90 Å². The lowest BCUT2D eigenvalue weighted by atomic mass is 10.1. The highest BCUT2D eigenvalue weighted by Crippen LogP contribution is 2.38. The first kappa shape index (κ1) is 16.2. The van der Waals surface area contributed by atoms with Gasteiger partial charge in [-0.05, 0) is 31.6 Å². The number of likely N-dealkylation sites (tertiary alicyclic amines) is 1. The maximum absolute atomic E-state index is 11.7. The highest BCUT2D eigenvalue weighted by atomic mass is 35.5. The van der Waals surface area contributed by atoms with Crippen LogP contribution >= 0.6 is 11.6 Å². The van der Waals surface area contributed by atoms with E-state index in [1.165, 1.54) is 0 Å². The SMILES string of the molecule is CN1CC(O[Si](C)(C)C(C)(C)C)C[C@@H]1C(=O)CCl. The van der Waals surface area contributed by atoms with Crippen LogP contribution in [0.3, 0.4) is 0 Å². The van der Waals surface area contributed by atoms with Crippen LogP contribution in [0, 0.1) is 0 Å². The third-order valence-electron chi connectivity index (χ3n) is 4.28. The van der Waals surface area contributed by atoms with E-state index in [9.17, 15) is 4.79 Å². The molecule has 18 heavy (non-hydrogen) atoms. The molecular weight excluding hydrogens is 266 g/mol. The zero-order valence-electron chi connectivity index (χ0n) is 12.4. The molecule has 2 atom stereocenters. The minimum absolute atomic E-state index is 0.0581. The van der Waals surface area contributed by atoms with Gasteiger partial charge in [0, 0.05) is 6.54 Å². The standard InChI is InChI=1S/C13H26ClNO2Si/c1-13(2,3)18(5,6)17-10-7-11(12(16)8-14)15(4)9-10/h10-11H,7-9H2,1-6H3/t10?,11-/m1/s1. The van der Waals surface area contributed by atoms with E-state index in [1.807, 2.05) is 7.05 Å². The van der Waals surface area contributed by atoms with Crippen molar-refractivity contribution < 1.29 is 9.22 Å². The molecule has 1 fully saturated rings. The Morgan fingerprint density at radius 3 is 2.44 bits per heavy atom. The monoisotopic (exact) mass is 291 g/mol. The van der Waals surface area contributed by atoms with Crippen LogP contribution in [-0.4, -0.2) is 50.6 Å². The molecule has 0 saturated carbocycles. The number of carbonyl (C=O) groups excluding carboxylic acids is 1. The van der Waals surface area contributed by atoms with Gasteiger partial charge in [0.25, 0.3) is 0 Å². The fraction of sp³-hybridized carbons (Fsp3) is 0.923. The summed E-state index contributed by atoms with van der Waals surface area (Å²) in [6.45, 7) is 12.0. The second kappa shape index (κ2) is 5.61. The molecule has 0 aromatic heterocycles. The molecule has 0 aromatic rings. The van der Waals surface area contributed by atoms with Crippen LogP contribution in [0.2, 0.25) is 18.1 Å². The average Bonchev–Trinajstić information content (AvgIpc) is 2.55. The summed E-state index contributed by atoms with van der Waals surface area (Å²) in [5.41, 5.74) is 0. The van der Waals surface area contributed by atoms with Crippen molar-refractivity contribution in [2.75, 3.05) is 19.5 Å². The first-order valence-corrected chi connectivity index (χ1v) is 9.99. The third kappa shape index (κ3) is 3.56. The van der Waals surface area contributed by atoms with E-state index in [0.717, 1.165) is 13.0 Å². The number of likely N-dealkylation sites (N-methyl/N-ethyl adjacent to an activating group) is 1. The molecule has 5 heteroatoms.